The standard InChI is InChI=1S/C50H58N4O4/c1-51(29-33-55)47-21-9-39(10-22-47)5-17-43-37-45(19-7-41-13-25-49(26-14-41)53(3)31-35-57)46(20-8-42-15-27-50(28-16-42)54(4)32-36-58)38-44(43)18-6-40-11-23-48(24-12-40)52(2)30-34-56/h5-28,37-38,55-58H,29-36H2,1-4H3/b17-5+,18-6+,19-7+,20-8+. The Morgan fingerprint density at radius 2 is 0.500 bits per heavy atom. The fourth-order valence-electron chi connectivity index (χ4n) is 6.47. The van der Waals surface area contributed by atoms with Gasteiger partial charge in [0, 0.05) is 77.1 Å². The van der Waals surface area contributed by atoms with Crippen molar-refractivity contribution in [3.05, 3.63) is 154 Å². The van der Waals surface area contributed by atoms with E-state index in [1.165, 1.54) is 0 Å². The lowest BCUT2D eigenvalue weighted by molar-refractivity contribution is 0.304. The normalized spacial score (nSPS) is 11.7. The maximum absolute atomic E-state index is 9.39. The van der Waals surface area contributed by atoms with Gasteiger partial charge in [-0.3, -0.25) is 0 Å². The molecular formula is C50H58N4O4. The molecule has 0 aromatic heterocycles. The van der Waals surface area contributed by atoms with Crippen LogP contribution in [0.5, 0.6) is 0 Å². The van der Waals surface area contributed by atoms with E-state index in [2.05, 4.69) is 158 Å². The van der Waals surface area contributed by atoms with Gasteiger partial charge in [-0.25, -0.2) is 0 Å². The molecule has 0 radical (unpaired) electrons. The molecule has 0 aliphatic rings. The van der Waals surface area contributed by atoms with Crippen molar-refractivity contribution in [3.8, 4) is 0 Å². The van der Waals surface area contributed by atoms with Crippen LogP contribution in [0.15, 0.2) is 109 Å². The zero-order valence-corrected chi connectivity index (χ0v) is 34.2. The number of nitrogens with zero attached hydrogens (tertiary/aromatic N) is 4. The molecule has 0 atom stereocenters. The maximum Gasteiger partial charge on any atom is 0.0606 e. The summed E-state index contributed by atoms with van der Waals surface area (Å²) in [7, 11) is 7.90. The lowest BCUT2D eigenvalue weighted by Gasteiger charge is -2.18. The zero-order valence-electron chi connectivity index (χ0n) is 34.2. The van der Waals surface area contributed by atoms with Crippen LogP contribution in [-0.4, -0.2) is 101 Å². The highest BCUT2D eigenvalue weighted by atomic mass is 16.3. The molecule has 0 bridgehead atoms. The fraction of sp³-hybridized carbons (Fsp3) is 0.240. The smallest absolute Gasteiger partial charge is 0.0606 e. The Labute approximate surface area is 344 Å². The van der Waals surface area contributed by atoms with Crippen LogP contribution in [0.1, 0.15) is 44.5 Å². The van der Waals surface area contributed by atoms with Crippen molar-refractivity contribution in [2.24, 2.45) is 0 Å². The molecular weight excluding hydrogens is 721 g/mol. The van der Waals surface area contributed by atoms with Gasteiger partial charge in [-0.2, -0.15) is 0 Å². The molecule has 8 heteroatoms. The first-order valence-electron chi connectivity index (χ1n) is 19.8. The minimum absolute atomic E-state index is 0.101. The van der Waals surface area contributed by atoms with Gasteiger partial charge < -0.3 is 40.0 Å². The van der Waals surface area contributed by atoms with E-state index in [4.69, 9.17) is 0 Å². The second-order valence-electron chi connectivity index (χ2n) is 14.4. The third-order valence-electron chi connectivity index (χ3n) is 10.2. The molecule has 5 rings (SSSR count). The van der Waals surface area contributed by atoms with Crippen molar-refractivity contribution >= 4 is 71.4 Å². The monoisotopic (exact) mass is 778 g/mol. The second-order valence-corrected chi connectivity index (χ2v) is 14.4. The van der Waals surface area contributed by atoms with Crippen molar-refractivity contribution in [1.82, 2.24) is 0 Å². The summed E-state index contributed by atoms with van der Waals surface area (Å²) in [5.74, 6) is 0. The largest absolute Gasteiger partial charge is 0.395 e. The summed E-state index contributed by atoms with van der Waals surface area (Å²) < 4.78 is 0. The Morgan fingerprint density at radius 3 is 0.672 bits per heavy atom. The summed E-state index contributed by atoms with van der Waals surface area (Å²) in [5, 5.41) is 37.6. The molecule has 8 nitrogen and oxygen atoms in total. The molecule has 302 valence electrons. The third-order valence-corrected chi connectivity index (χ3v) is 10.2. The van der Waals surface area contributed by atoms with Gasteiger partial charge in [0.1, 0.15) is 0 Å². The van der Waals surface area contributed by atoms with E-state index in [-0.39, 0.29) is 26.4 Å². The predicted molar refractivity (Wildman–Crippen MR) is 249 cm³/mol. The minimum atomic E-state index is 0.101. The number of likely N-dealkylation sites (N-methyl/N-ethyl adjacent to an activating group) is 4. The summed E-state index contributed by atoms with van der Waals surface area (Å²) in [6, 6.07) is 37.8. The van der Waals surface area contributed by atoms with Gasteiger partial charge in [0.05, 0.1) is 26.4 Å². The Balaban J connectivity index is 1.56. The van der Waals surface area contributed by atoms with Gasteiger partial charge >= 0.3 is 0 Å². The second kappa shape index (κ2) is 22.1. The van der Waals surface area contributed by atoms with E-state index in [1.54, 1.807) is 0 Å². The molecule has 4 N–H and O–H groups in total. The van der Waals surface area contributed by atoms with Crippen LogP contribution in [0, 0.1) is 0 Å². The van der Waals surface area contributed by atoms with Crippen molar-refractivity contribution in [2.75, 3.05) is 100 Å². The number of hydrogen-bond donors (Lipinski definition) is 4. The van der Waals surface area contributed by atoms with E-state index in [1.807, 2.05) is 47.8 Å². The lowest BCUT2D eigenvalue weighted by atomic mass is 9.95. The van der Waals surface area contributed by atoms with Crippen LogP contribution in [-0.2, 0) is 0 Å². The average molecular weight is 779 g/mol. The zero-order chi connectivity index (χ0) is 41.3. The number of anilines is 4. The minimum Gasteiger partial charge on any atom is -0.395 e. The van der Waals surface area contributed by atoms with E-state index in [0.717, 1.165) is 67.3 Å². The van der Waals surface area contributed by atoms with Crippen molar-refractivity contribution in [3.63, 3.8) is 0 Å². The highest BCUT2D eigenvalue weighted by Crippen LogP contribution is 2.27. The molecule has 5 aromatic carbocycles. The third kappa shape index (κ3) is 12.6. The summed E-state index contributed by atoms with van der Waals surface area (Å²) in [6.45, 7) is 2.69. The lowest BCUT2D eigenvalue weighted by Crippen LogP contribution is -2.20. The molecule has 0 fully saturated rings. The number of aliphatic hydroxyl groups is 4. The summed E-state index contributed by atoms with van der Waals surface area (Å²) in [5.41, 5.74) is 12.7. The highest BCUT2D eigenvalue weighted by molar-refractivity contribution is 5.87. The molecule has 0 amide bonds. The molecule has 0 spiro atoms. The average Bonchev–Trinajstić information content (AvgIpc) is 3.24. The van der Waals surface area contributed by atoms with E-state index >= 15 is 0 Å². The first kappa shape index (κ1) is 43.2. The van der Waals surface area contributed by atoms with Crippen molar-refractivity contribution in [2.45, 2.75) is 0 Å². The van der Waals surface area contributed by atoms with Crippen LogP contribution >= 0.6 is 0 Å². The van der Waals surface area contributed by atoms with Crippen molar-refractivity contribution in [1.29, 1.82) is 0 Å². The summed E-state index contributed by atoms with van der Waals surface area (Å²) in [4.78, 5) is 8.12. The molecule has 5 aromatic rings. The fourth-order valence-corrected chi connectivity index (χ4v) is 6.47. The predicted octanol–water partition coefficient (Wildman–Crippen LogP) is 8.08. The van der Waals surface area contributed by atoms with Gasteiger partial charge in [-0.1, -0.05) is 97.1 Å². The van der Waals surface area contributed by atoms with E-state index in [0.29, 0.717) is 26.2 Å². The Hall–Kier alpha value is -5.90. The number of benzene rings is 5. The quantitative estimate of drug-likeness (QED) is 0.0590. The molecule has 58 heavy (non-hydrogen) atoms. The van der Waals surface area contributed by atoms with Gasteiger partial charge in [0.15, 0.2) is 0 Å². The van der Waals surface area contributed by atoms with Crippen LogP contribution in [0.2, 0.25) is 0 Å². The van der Waals surface area contributed by atoms with Gasteiger partial charge in [0.2, 0.25) is 0 Å². The molecule has 0 heterocycles. The molecule has 0 saturated heterocycles. The SMILES string of the molecule is CN(CCO)c1ccc(/C=C/c2cc(/C=C/c3ccc(N(C)CCO)cc3)c(/C=C/c3ccc(N(C)CCO)cc3)cc2/C=C/c2ccc(N(C)CCO)cc2)cc1. The van der Waals surface area contributed by atoms with Crippen LogP contribution in [0.3, 0.4) is 0 Å². The maximum atomic E-state index is 9.39. The Kier molecular flexibility index (Phi) is 16.5. The molecule has 0 aliphatic carbocycles. The van der Waals surface area contributed by atoms with Crippen molar-refractivity contribution < 1.29 is 20.4 Å². The summed E-state index contributed by atoms with van der Waals surface area (Å²) in [6.07, 6.45) is 17.2. The highest BCUT2D eigenvalue weighted by Gasteiger charge is 2.07. The van der Waals surface area contributed by atoms with E-state index < -0.39 is 0 Å². The van der Waals surface area contributed by atoms with Gasteiger partial charge in [0.25, 0.3) is 0 Å². The Bertz CT molecular complexity index is 1820. The summed E-state index contributed by atoms with van der Waals surface area (Å²) >= 11 is 0. The Morgan fingerprint density at radius 1 is 0.310 bits per heavy atom. The van der Waals surface area contributed by atoms with E-state index in [9.17, 15) is 20.4 Å². The van der Waals surface area contributed by atoms with Gasteiger partial charge in [-0.15, -0.1) is 0 Å². The first-order valence-corrected chi connectivity index (χ1v) is 19.8. The first-order chi connectivity index (χ1) is 28.2. The van der Waals surface area contributed by atoms with Gasteiger partial charge in [-0.05, 0) is 105 Å². The molecule has 0 saturated carbocycles. The molecule has 0 aliphatic heterocycles. The number of hydrogen-bond acceptors (Lipinski definition) is 8. The number of rotatable bonds is 20. The van der Waals surface area contributed by atoms with Crippen LogP contribution in [0.4, 0.5) is 22.7 Å². The molecule has 0 unspecified atom stereocenters. The topological polar surface area (TPSA) is 93.9 Å². The van der Waals surface area contributed by atoms with Crippen LogP contribution in [0.25, 0.3) is 48.6 Å². The number of aliphatic hydroxyl groups excluding tert-OH is 4. The van der Waals surface area contributed by atoms with Crippen LogP contribution < -0.4 is 19.6 Å².